The van der Waals surface area contributed by atoms with E-state index in [1.54, 1.807) is 31.3 Å². The Morgan fingerprint density at radius 1 is 1.26 bits per heavy atom. The van der Waals surface area contributed by atoms with Crippen LogP contribution in [0.2, 0.25) is 0 Å². The fourth-order valence-corrected chi connectivity index (χ4v) is 4.18. The van der Waals surface area contributed by atoms with Crippen molar-refractivity contribution in [1.29, 1.82) is 0 Å². The van der Waals surface area contributed by atoms with Crippen LogP contribution in [0.25, 0.3) is 0 Å². The van der Waals surface area contributed by atoms with Gasteiger partial charge in [-0.3, -0.25) is 9.10 Å². The number of sulfonamides is 1. The predicted molar refractivity (Wildman–Crippen MR) is 101 cm³/mol. The molecule has 1 heterocycles. The number of fused-ring (bicyclic) bond motifs is 1. The first-order valence-corrected chi connectivity index (χ1v) is 10.2. The molecule has 0 unspecified atom stereocenters. The van der Waals surface area contributed by atoms with Crippen molar-refractivity contribution in [1.82, 2.24) is 4.90 Å². The molecule has 0 radical (unpaired) electrons. The number of hydrogen-bond acceptors (Lipinski definition) is 4. The Bertz CT molecular complexity index is 991. The minimum Gasteiger partial charge on any atom is -0.494 e. The highest BCUT2D eigenvalue weighted by Crippen LogP contribution is 2.31. The highest BCUT2D eigenvalue weighted by molar-refractivity contribution is 7.92. The van der Waals surface area contributed by atoms with Crippen LogP contribution >= 0.6 is 0 Å². The van der Waals surface area contributed by atoms with E-state index in [2.05, 4.69) is 0 Å². The van der Waals surface area contributed by atoms with E-state index in [4.69, 9.17) is 4.74 Å². The number of hydrogen-bond donors (Lipinski definition) is 0. The van der Waals surface area contributed by atoms with Crippen molar-refractivity contribution in [2.24, 2.45) is 0 Å². The van der Waals surface area contributed by atoms with Gasteiger partial charge in [0, 0.05) is 25.7 Å². The number of nitrogens with zero attached hydrogens (tertiary/aromatic N) is 2. The first-order valence-electron chi connectivity index (χ1n) is 8.39. The van der Waals surface area contributed by atoms with E-state index >= 15 is 0 Å². The van der Waals surface area contributed by atoms with E-state index in [0.717, 1.165) is 5.56 Å². The lowest BCUT2D eigenvalue weighted by Gasteiger charge is -2.19. The van der Waals surface area contributed by atoms with Crippen LogP contribution < -0.4 is 9.04 Å². The average molecular weight is 392 g/mol. The fraction of sp³-hybridized carbons (Fsp3) is 0.316. The Labute approximate surface area is 158 Å². The average Bonchev–Trinajstić information content (AvgIpc) is 3.04. The monoisotopic (exact) mass is 392 g/mol. The molecule has 1 aliphatic rings. The third-order valence-corrected chi connectivity index (χ3v) is 5.74. The lowest BCUT2D eigenvalue weighted by atomic mass is 10.1. The third-order valence-electron chi connectivity index (χ3n) is 4.56. The molecule has 0 atom stereocenters. The quantitative estimate of drug-likeness (QED) is 0.784. The normalized spacial score (nSPS) is 13.4. The van der Waals surface area contributed by atoms with Crippen molar-refractivity contribution in [3.8, 4) is 5.75 Å². The smallest absolute Gasteiger partial charge is 0.253 e. The number of rotatable bonds is 5. The van der Waals surface area contributed by atoms with Crippen LogP contribution in [0.3, 0.4) is 0 Å². The molecular formula is C19H21FN2O4S. The minimum atomic E-state index is -3.32. The first-order chi connectivity index (χ1) is 12.7. The zero-order valence-corrected chi connectivity index (χ0v) is 16.2. The van der Waals surface area contributed by atoms with Crippen molar-refractivity contribution >= 4 is 21.6 Å². The van der Waals surface area contributed by atoms with Gasteiger partial charge in [0.25, 0.3) is 5.91 Å². The lowest BCUT2D eigenvalue weighted by Crippen LogP contribution is -2.28. The second-order valence-electron chi connectivity index (χ2n) is 6.56. The summed E-state index contributed by atoms with van der Waals surface area (Å²) in [5.74, 6) is -0.539. The highest BCUT2D eigenvalue weighted by atomic mass is 32.2. The van der Waals surface area contributed by atoms with Crippen LogP contribution in [-0.2, 0) is 23.0 Å². The van der Waals surface area contributed by atoms with Crippen molar-refractivity contribution in [3.63, 3.8) is 0 Å². The summed E-state index contributed by atoms with van der Waals surface area (Å²) in [7, 11) is -0.289. The Balaban J connectivity index is 1.77. The number of amides is 1. The van der Waals surface area contributed by atoms with Gasteiger partial charge < -0.3 is 9.64 Å². The van der Waals surface area contributed by atoms with Crippen LogP contribution in [0.15, 0.2) is 36.4 Å². The summed E-state index contributed by atoms with van der Waals surface area (Å²) in [6, 6.07) is 9.59. The molecule has 27 heavy (non-hydrogen) atoms. The summed E-state index contributed by atoms with van der Waals surface area (Å²) in [6.07, 6.45) is 1.74. The van der Waals surface area contributed by atoms with Crippen molar-refractivity contribution in [2.45, 2.75) is 13.0 Å². The molecule has 2 aromatic carbocycles. The number of carbonyl (C=O) groups excluding carboxylic acids is 1. The van der Waals surface area contributed by atoms with Gasteiger partial charge in [-0.1, -0.05) is 6.07 Å². The van der Waals surface area contributed by atoms with Gasteiger partial charge in [0.2, 0.25) is 10.0 Å². The van der Waals surface area contributed by atoms with E-state index in [-0.39, 0.29) is 18.2 Å². The van der Waals surface area contributed by atoms with Gasteiger partial charge in [0.05, 0.1) is 19.1 Å². The van der Waals surface area contributed by atoms with Gasteiger partial charge in [0.15, 0.2) is 11.6 Å². The van der Waals surface area contributed by atoms with Crippen LogP contribution in [0.1, 0.15) is 21.5 Å². The van der Waals surface area contributed by atoms with Gasteiger partial charge in [-0.05, 0) is 47.9 Å². The van der Waals surface area contributed by atoms with E-state index in [1.165, 1.54) is 34.7 Å². The highest BCUT2D eigenvalue weighted by Gasteiger charge is 2.27. The Hall–Kier alpha value is -2.61. The van der Waals surface area contributed by atoms with Crippen LogP contribution in [0.5, 0.6) is 5.75 Å². The molecule has 0 spiro atoms. The summed E-state index contributed by atoms with van der Waals surface area (Å²) in [4.78, 5) is 14.2. The summed E-state index contributed by atoms with van der Waals surface area (Å²) < 4.78 is 43.7. The maximum atomic E-state index is 13.8. The molecule has 0 bridgehead atoms. The molecule has 6 nitrogen and oxygen atoms in total. The molecule has 1 aliphatic heterocycles. The number of carbonyl (C=O) groups is 1. The van der Waals surface area contributed by atoms with Gasteiger partial charge >= 0.3 is 0 Å². The molecule has 2 aromatic rings. The summed E-state index contributed by atoms with van der Waals surface area (Å²) >= 11 is 0. The fourth-order valence-electron chi connectivity index (χ4n) is 3.22. The molecule has 0 saturated carbocycles. The lowest BCUT2D eigenvalue weighted by molar-refractivity contribution is 0.0785. The molecule has 0 fully saturated rings. The molecule has 1 amide bonds. The molecule has 0 saturated heterocycles. The van der Waals surface area contributed by atoms with Gasteiger partial charge in [-0.2, -0.15) is 0 Å². The number of ether oxygens (including phenoxy) is 1. The SMILES string of the molecule is COc1ccc(CN(C)C(=O)c2ccc3c(c2)CCN3S(C)(=O)=O)cc1F. The van der Waals surface area contributed by atoms with Crippen LogP contribution in [-0.4, -0.2) is 46.2 Å². The van der Waals surface area contributed by atoms with Crippen LogP contribution in [0, 0.1) is 5.82 Å². The third kappa shape index (κ3) is 3.90. The molecule has 0 aliphatic carbocycles. The topological polar surface area (TPSA) is 66.9 Å². The number of methoxy groups -OCH3 is 1. The van der Waals surface area contributed by atoms with Gasteiger partial charge in [0.1, 0.15) is 0 Å². The maximum Gasteiger partial charge on any atom is 0.253 e. The Kier molecular flexibility index (Phi) is 5.10. The number of halogens is 1. The van der Waals surface area contributed by atoms with Crippen LogP contribution in [0.4, 0.5) is 10.1 Å². The standard InChI is InChI=1S/C19H21FN2O4S/c1-21(12-13-4-7-18(26-2)16(20)10-13)19(23)15-5-6-17-14(11-15)8-9-22(17)27(3,24)25/h4-7,10-11H,8-9,12H2,1-3H3. The predicted octanol–water partition coefficient (Wildman–Crippen LogP) is 2.43. The van der Waals surface area contributed by atoms with Crippen molar-refractivity contribution < 1.29 is 22.3 Å². The first kappa shape index (κ1) is 19.2. The Morgan fingerprint density at radius 3 is 2.63 bits per heavy atom. The molecule has 8 heteroatoms. The molecule has 144 valence electrons. The zero-order valence-electron chi connectivity index (χ0n) is 15.4. The Morgan fingerprint density at radius 2 is 2.00 bits per heavy atom. The van der Waals surface area contributed by atoms with E-state index < -0.39 is 15.8 Å². The summed E-state index contributed by atoms with van der Waals surface area (Å²) in [5.41, 5.74) is 2.57. The molecule has 0 aromatic heterocycles. The van der Waals surface area contributed by atoms with Crippen molar-refractivity contribution in [2.75, 3.05) is 31.3 Å². The van der Waals surface area contributed by atoms with Gasteiger partial charge in [-0.25, -0.2) is 12.8 Å². The molecule has 3 rings (SSSR count). The summed E-state index contributed by atoms with van der Waals surface area (Å²) in [6.45, 7) is 0.624. The van der Waals surface area contributed by atoms with E-state index in [1.807, 2.05) is 0 Å². The summed E-state index contributed by atoms with van der Waals surface area (Å²) in [5, 5.41) is 0. The molecule has 0 N–H and O–H groups in total. The van der Waals surface area contributed by atoms with Gasteiger partial charge in [-0.15, -0.1) is 0 Å². The van der Waals surface area contributed by atoms with Crippen molar-refractivity contribution in [3.05, 3.63) is 58.9 Å². The zero-order chi connectivity index (χ0) is 19.8. The van der Waals surface area contributed by atoms with E-state index in [9.17, 15) is 17.6 Å². The number of anilines is 1. The minimum absolute atomic E-state index is 0.154. The molecular weight excluding hydrogens is 371 g/mol. The second-order valence-corrected chi connectivity index (χ2v) is 8.47. The number of benzene rings is 2. The largest absolute Gasteiger partial charge is 0.494 e. The van der Waals surface area contributed by atoms with E-state index in [0.29, 0.717) is 29.8 Å². The second kappa shape index (κ2) is 7.19. The maximum absolute atomic E-state index is 13.8.